The molecule has 0 bridgehead atoms. The van der Waals surface area contributed by atoms with E-state index in [1.54, 1.807) is 37.7 Å². The van der Waals surface area contributed by atoms with E-state index in [0.717, 1.165) is 16.8 Å². The van der Waals surface area contributed by atoms with Crippen LogP contribution in [0.15, 0.2) is 42.7 Å². The molecule has 3 N–H and O–H groups in total. The Hall–Kier alpha value is -3.70. The minimum absolute atomic E-state index is 0.0152. The second-order valence-electron chi connectivity index (χ2n) is 7.08. The van der Waals surface area contributed by atoms with Crippen molar-refractivity contribution in [2.75, 3.05) is 30.9 Å². The number of nitrogens with one attached hydrogen (secondary N) is 2. The molecule has 0 radical (unpaired) electrons. The van der Waals surface area contributed by atoms with Crippen LogP contribution in [0.1, 0.15) is 18.1 Å². The van der Waals surface area contributed by atoms with E-state index in [2.05, 4.69) is 31.7 Å². The second-order valence-corrected chi connectivity index (χ2v) is 7.08. The zero-order valence-corrected chi connectivity index (χ0v) is 16.1. The minimum Gasteiger partial charge on any atom is -0.480 e. The summed E-state index contributed by atoms with van der Waals surface area (Å²) in [6.45, 7) is 2.53. The van der Waals surface area contributed by atoms with Crippen LogP contribution in [0, 0.1) is 11.3 Å². The fourth-order valence-electron chi connectivity index (χ4n) is 3.41. The normalized spacial score (nSPS) is 17.2. The van der Waals surface area contributed by atoms with Crippen LogP contribution in [0.5, 0.6) is 5.88 Å². The molecular weight excluding hydrogens is 368 g/mol. The fourth-order valence-corrected chi connectivity index (χ4v) is 3.41. The number of hydrogen-bond acceptors (Lipinski definition) is 8. The molecule has 29 heavy (non-hydrogen) atoms. The van der Waals surface area contributed by atoms with E-state index in [1.807, 2.05) is 19.1 Å². The van der Waals surface area contributed by atoms with Crippen molar-refractivity contribution in [2.24, 2.45) is 0 Å². The summed E-state index contributed by atoms with van der Waals surface area (Å²) in [4.78, 5) is 13.0. The van der Waals surface area contributed by atoms with E-state index in [1.165, 1.54) is 0 Å². The quantitative estimate of drug-likeness (QED) is 0.611. The Bertz CT molecular complexity index is 1110. The number of hydrogen-bond donors (Lipinski definition) is 3. The zero-order valence-electron chi connectivity index (χ0n) is 16.1. The first-order chi connectivity index (χ1) is 14.1. The van der Waals surface area contributed by atoms with Crippen LogP contribution >= 0.6 is 0 Å². The number of nitrogens with zero attached hydrogens (tertiary/aromatic N) is 4. The van der Waals surface area contributed by atoms with E-state index in [9.17, 15) is 10.4 Å². The van der Waals surface area contributed by atoms with Crippen LogP contribution in [0.2, 0.25) is 0 Å². The molecule has 3 aromatic rings. The third-order valence-electron chi connectivity index (χ3n) is 5.08. The molecule has 1 unspecified atom stereocenters. The highest BCUT2D eigenvalue weighted by Gasteiger charge is 2.35. The lowest BCUT2D eigenvalue weighted by Gasteiger charge is -2.21. The van der Waals surface area contributed by atoms with Crippen LogP contribution in [-0.4, -0.2) is 40.3 Å². The van der Waals surface area contributed by atoms with Gasteiger partial charge in [-0.05, 0) is 35.9 Å². The van der Waals surface area contributed by atoms with Crippen molar-refractivity contribution in [1.29, 1.82) is 5.26 Å². The lowest BCUT2D eigenvalue weighted by atomic mass is 9.83. The van der Waals surface area contributed by atoms with Crippen molar-refractivity contribution >= 4 is 17.3 Å². The van der Waals surface area contributed by atoms with Crippen LogP contribution in [-0.2, 0) is 5.41 Å². The summed E-state index contributed by atoms with van der Waals surface area (Å²) in [6.07, 6.45) is 3.29. The van der Waals surface area contributed by atoms with Gasteiger partial charge in [-0.1, -0.05) is 6.92 Å². The number of rotatable bonds is 5. The molecule has 3 heterocycles. The standard InChI is InChI=1S/C21H20N6O2/c1-21(12-28)11-25-18-14(10-22)8-13(9-15(18)21)16-5-7-24-20(26-16)27-17-4-3-6-23-19(17)29-2/h3-9,25,28H,11-12H2,1-2H3,(H,24,26,27). The Labute approximate surface area is 168 Å². The van der Waals surface area contributed by atoms with Crippen LogP contribution in [0.3, 0.4) is 0 Å². The van der Waals surface area contributed by atoms with Gasteiger partial charge in [-0.3, -0.25) is 0 Å². The van der Waals surface area contributed by atoms with Gasteiger partial charge in [0.25, 0.3) is 0 Å². The molecule has 1 aliphatic rings. The molecular formula is C21H20N6O2. The Morgan fingerprint density at radius 2 is 2.17 bits per heavy atom. The van der Waals surface area contributed by atoms with Gasteiger partial charge in [0.2, 0.25) is 11.8 Å². The molecule has 1 aromatic carbocycles. The van der Waals surface area contributed by atoms with Crippen molar-refractivity contribution < 1.29 is 9.84 Å². The second kappa shape index (κ2) is 7.37. The largest absolute Gasteiger partial charge is 0.480 e. The topological polar surface area (TPSA) is 116 Å². The van der Waals surface area contributed by atoms with Gasteiger partial charge >= 0.3 is 0 Å². The van der Waals surface area contributed by atoms with Gasteiger partial charge in [0, 0.05) is 29.9 Å². The molecule has 8 nitrogen and oxygen atoms in total. The molecule has 2 aromatic heterocycles. The maximum Gasteiger partial charge on any atom is 0.237 e. The van der Waals surface area contributed by atoms with Gasteiger partial charge in [0.05, 0.1) is 30.7 Å². The molecule has 8 heteroatoms. The molecule has 146 valence electrons. The third-order valence-corrected chi connectivity index (χ3v) is 5.08. The first-order valence-corrected chi connectivity index (χ1v) is 9.11. The van der Waals surface area contributed by atoms with Crippen molar-refractivity contribution in [1.82, 2.24) is 15.0 Å². The Morgan fingerprint density at radius 3 is 2.93 bits per heavy atom. The predicted octanol–water partition coefficient (Wildman–Crippen LogP) is 2.84. The molecule has 4 rings (SSSR count). The molecule has 0 fully saturated rings. The molecule has 0 amide bonds. The van der Waals surface area contributed by atoms with Gasteiger partial charge < -0.3 is 20.5 Å². The summed E-state index contributed by atoms with van der Waals surface area (Å²) in [7, 11) is 1.55. The number of aliphatic hydroxyl groups excluding tert-OH is 1. The molecule has 1 atom stereocenters. The summed E-state index contributed by atoms with van der Waals surface area (Å²) < 4.78 is 5.25. The highest BCUT2D eigenvalue weighted by molar-refractivity contribution is 5.76. The lowest BCUT2D eigenvalue weighted by Crippen LogP contribution is -2.28. The molecule has 0 aliphatic carbocycles. The average Bonchev–Trinajstić information content (AvgIpc) is 3.11. The van der Waals surface area contributed by atoms with Gasteiger partial charge in [-0.25, -0.2) is 15.0 Å². The number of anilines is 3. The Balaban J connectivity index is 1.74. The van der Waals surface area contributed by atoms with Crippen LogP contribution in [0.4, 0.5) is 17.3 Å². The highest BCUT2D eigenvalue weighted by atomic mass is 16.5. The Morgan fingerprint density at radius 1 is 1.31 bits per heavy atom. The molecule has 0 spiro atoms. The smallest absolute Gasteiger partial charge is 0.237 e. The summed E-state index contributed by atoms with van der Waals surface area (Å²) in [5.41, 5.74) is 3.86. The van der Waals surface area contributed by atoms with Crippen molar-refractivity contribution in [3.8, 4) is 23.2 Å². The van der Waals surface area contributed by atoms with Gasteiger partial charge in [-0.2, -0.15) is 5.26 Å². The molecule has 0 saturated carbocycles. The number of aliphatic hydroxyl groups is 1. The van der Waals surface area contributed by atoms with Crippen molar-refractivity contribution in [3.63, 3.8) is 0 Å². The van der Waals surface area contributed by atoms with Gasteiger partial charge in [-0.15, -0.1) is 0 Å². The maximum absolute atomic E-state index is 9.88. The summed E-state index contributed by atoms with van der Waals surface area (Å²) in [5, 5.41) is 25.8. The summed E-state index contributed by atoms with van der Waals surface area (Å²) in [5.74, 6) is 0.825. The summed E-state index contributed by atoms with van der Waals surface area (Å²) >= 11 is 0. The minimum atomic E-state index is -0.450. The average molecular weight is 388 g/mol. The third kappa shape index (κ3) is 3.32. The number of methoxy groups -OCH3 is 1. The van der Waals surface area contributed by atoms with E-state index >= 15 is 0 Å². The van der Waals surface area contributed by atoms with Crippen LogP contribution < -0.4 is 15.4 Å². The maximum atomic E-state index is 9.88. The zero-order chi connectivity index (χ0) is 20.4. The van der Waals surface area contributed by atoms with Gasteiger partial charge in [0.1, 0.15) is 11.8 Å². The van der Waals surface area contributed by atoms with Crippen molar-refractivity contribution in [3.05, 3.63) is 53.9 Å². The number of pyridine rings is 1. The highest BCUT2D eigenvalue weighted by Crippen LogP contribution is 2.41. The number of ether oxygens (including phenoxy) is 1. The number of nitriles is 1. The fraction of sp³-hybridized carbons (Fsp3) is 0.238. The van der Waals surface area contributed by atoms with Gasteiger partial charge in [0.15, 0.2) is 0 Å². The number of fused-ring (bicyclic) bond motifs is 1. The van der Waals surface area contributed by atoms with E-state index in [-0.39, 0.29) is 6.61 Å². The molecule has 1 aliphatic heterocycles. The first-order valence-electron chi connectivity index (χ1n) is 9.11. The Kier molecular flexibility index (Phi) is 4.74. The van der Waals surface area contributed by atoms with Crippen LogP contribution in [0.25, 0.3) is 11.3 Å². The predicted molar refractivity (Wildman–Crippen MR) is 109 cm³/mol. The van der Waals surface area contributed by atoms with E-state index < -0.39 is 5.41 Å². The summed E-state index contributed by atoms with van der Waals surface area (Å²) in [6, 6.07) is 11.4. The van der Waals surface area contributed by atoms with Crippen molar-refractivity contribution in [2.45, 2.75) is 12.3 Å². The number of benzene rings is 1. The molecule has 0 saturated heterocycles. The lowest BCUT2D eigenvalue weighted by molar-refractivity contribution is 0.219. The number of aromatic nitrogens is 3. The monoisotopic (exact) mass is 388 g/mol. The van der Waals surface area contributed by atoms with E-state index in [0.29, 0.717) is 35.3 Å². The SMILES string of the molecule is COc1ncccc1Nc1nccc(-c2cc(C#N)c3c(c2)C(C)(CO)CN3)n1. The van der Waals surface area contributed by atoms with E-state index in [4.69, 9.17) is 4.74 Å². The first kappa shape index (κ1) is 18.7.